The molecular weight excluding hydrogens is 450 g/mol. The van der Waals surface area contributed by atoms with E-state index in [1.54, 1.807) is 6.07 Å². The Hall–Kier alpha value is -3.39. The largest absolute Gasteiger partial charge is 0.459 e. The summed E-state index contributed by atoms with van der Waals surface area (Å²) >= 11 is 1.43. The molecular formula is C26H29N3O4S. The molecule has 0 unspecified atom stereocenters. The molecule has 8 heteroatoms. The smallest absolute Gasteiger partial charge is 0.287 e. The summed E-state index contributed by atoms with van der Waals surface area (Å²) < 4.78 is 5.12. The molecule has 2 heterocycles. The third kappa shape index (κ3) is 5.39. The molecule has 3 amide bonds. The number of thiophene rings is 1. The van der Waals surface area contributed by atoms with Gasteiger partial charge >= 0.3 is 0 Å². The van der Waals surface area contributed by atoms with Crippen LogP contribution in [0.3, 0.4) is 0 Å². The van der Waals surface area contributed by atoms with Gasteiger partial charge in [-0.05, 0) is 61.9 Å². The highest BCUT2D eigenvalue weighted by Gasteiger charge is 2.35. The molecule has 178 valence electrons. The second kappa shape index (κ2) is 10.7. The lowest BCUT2D eigenvalue weighted by molar-refractivity contribution is -0.126. The minimum atomic E-state index is -0.838. The van der Waals surface area contributed by atoms with Gasteiger partial charge < -0.3 is 15.1 Å². The molecule has 2 aromatic heterocycles. The lowest BCUT2D eigenvalue weighted by Crippen LogP contribution is -2.49. The van der Waals surface area contributed by atoms with E-state index in [4.69, 9.17) is 4.42 Å². The van der Waals surface area contributed by atoms with Crippen LogP contribution in [-0.4, -0.2) is 30.3 Å². The number of rotatable bonds is 8. The number of nitrogens with zero attached hydrogens (tertiary/aromatic N) is 1. The SMILES string of the molecule is Cc1ccc(N(C(=O)CNC(=O)c2ccco2)[C@@H](C(=O)NC2CCCC2)c2cccs2)c(C)c1. The molecule has 34 heavy (non-hydrogen) atoms. The highest BCUT2D eigenvalue weighted by atomic mass is 32.1. The number of amides is 3. The fraction of sp³-hybridized carbons (Fsp3) is 0.346. The highest BCUT2D eigenvalue weighted by molar-refractivity contribution is 7.10. The van der Waals surface area contributed by atoms with Gasteiger partial charge in [0.2, 0.25) is 11.8 Å². The summed E-state index contributed by atoms with van der Waals surface area (Å²) in [4.78, 5) is 41.9. The molecule has 0 spiro atoms. The van der Waals surface area contributed by atoms with Crippen LogP contribution in [0.25, 0.3) is 0 Å². The first-order valence-electron chi connectivity index (χ1n) is 11.5. The Labute approximate surface area is 203 Å². The van der Waals surface area contributed by atoms with Crippen LogP contribution in [0, 0.1) is 13.8 Å². The van der Waals surface area contributed by atoms with Crippen LogP contribution in [0.5, 0.6) is 0 Å². The first kappa shape index (κ1) is 23.8. The number of nitrogens with one attached hydrogen (secondary N) is 2. The Bertz CT molecular complexity index is 1140. The summed E-state index contributed by atoms with van der Waals surface area (Å²) in [6.45, 7) is 3.63. The lowest BCUT2D eigenvalue weighted by atomic mass is 10.1. The van der Waals surface area contributed by atoms with Gasteiger partial charge in [-0.15, -0.1) is 11.3 Å². The fourth-order valence-electron chi connectivity index (χ4n) is 4.40. The normalized spacial score (nSPS) is 14.5. The van der Waals surface area contributed by atoms with Crippen LogP contribution in [-0.2, 0) is 9.59 Å². The second-order valence-electron chi connectivity index (χ2n) is 8.62. The van der Waals surface area contributed by atoms with Gasteiger partial charge in [0.05, 0.1) is 12.8 Å². The molecule has 2 N–H and O–H groups in total. The van der Waals surface area contributed by atoms with Gasteiger partial charge in [0.25, 0.3) is 5.91 Å². The predicted octanol–water partition coefficient (Wildman–Crippen LogP) is 4.52. The molecule has 0 radical (unpaired) electrons. The monoisotopic (exact) mass is 479 g/mol. The Morgan fingerprint density at radius 2 is 1.91 bits per heavy atom. The van der Waals surface area contributed by atoms with Crippen molar-refractivity contribution in [2.75, 3.05) is 11.4 Å². The van der Waals surface area contributed by atoms with Crippen LogP contribution in [0.2, 0.25) is 0 Å². The second-order valence-corrected chi connectivity index (χ2v) is 9.60. The number of aryl methyl sites for hydroxylation is 2. The quantitative estimate of drug-likeness (QED) is 0.497. The zero-order valence-electron chi connectivity index (χ0n) is 19.4. The molecule has 0 saturated heterocycles. The van der Waals surface area contributed by atoms with Gasteiger partial charge in [-0.2, -0.15) is 0 Å². The number of anilines is 1. The zero-order valence-corrected chi connectivity index (χ0v) is 20.2. The maximum Gasteiger partial charge on any atom is 0.287 e. The summed E-state index contributed by atoms with van der Waals surface area (Å²) in [5.74, 6) is -0.950. The Morgan fingerprint density at radius 1 is 1.12 bits per heavy atom. The van der Waals surface area contributed by atoms with Gasteiger partial charge in [0, 0.05) is 16.6 Å². The first-order valence-corrected chi connectivity index (χ1v) is 12.4. The van der Waals surface area contributed by atoms with E-state index in [1.165, 1.54) is 28.6 Å². The Kier molecular flexibility index (Phi) is 7.47. The average molecular weight is 480 g/mol. The van der Waals surface area contributed by atoms with E-state index >= 15 is 0 Å². The lowest BCUT2D eigenvalue weighted by Gasteiger charge is -2.32. The number of furan rings is 1. The molecule has 0 aliphatic heterocycles. The van der Waals surface area contributed by atoms with Crippen molar-refractivity contribution in [1.82, 2.24) is 10.6 Å². The number of hydrogen-bond acceptors (Lipinski definition) is 5. The molecule has 1 atom stereocenters. The molecule has 4 rings (SSSR count). The van der Waals surface area contributed by atoms with Crippen molar-refractivity contribution < 1.29 is 18.8 Å². The topological polar surface area (TPSA) is 91.7 Å². The van der Waals surface area contributed by atoms with Crippen LogP contribution >= 0.6 is 11.3 Å². The van der Waals surface area contributed by atoms with Gasteiger partial charge in [-0.25, -0.2) is 0 Å². The van der Waals surface area contributed by atoms with E-state index in [0.717, 1.165) is 41.7 Å². The molecule has 3 aromatic rings. The van der Waals surface area contributed by atoms with E-state index in [9.17, 15) is 14.4 Å². The van der Waals surface area contributed by atoms with Gasteiger partial charge in [-0.3, -0.25) is 19.3 Å². The molecule has 7 nitrogen and oxygen atoms in total. The minimum absolute atomic E-state index is 0.115. The standard InChI is InChI=1S/C26H29N3O4S/c1-17-11-12-20(18(2)15-17)29(23(30)16-27-25(31)21-9-5-13-33-21)24(22-10-6-14-34-22)26(32)28-19-7-3-4-8-19/h5-6,9-15,19,24H,3-4,7-8,16H2,1-2H3,(H,27,31)(H,28,32)/t24-/m1/s1. The van der Waals surface area contributed by atoms with Crippen molar-refractivity contribution in [2.24, 2.45) is 0 Å². The van der Waals surface area contributed by atoms with E-state index in [0.29, 0.717) is 5.69 Å². The number of carbonyl (C=O) groups is 3. The zero-order chi connectivity index (χ0) is 24.1. The van der Waals surface area contributed by atoms with Gasteiger partial charge in [-0.1, -0.05) is 36.6 Å². The minimum Gasteiger partial charge on any atom is -0.459 e. The maximum absolute atomic E-state index is 13.6. The predicted molar refractivity (Wildman–Crippen MR) is 132 cm³/mol. The third-order valence-corrected chi connectivity index (χ3v) is 6.97. The number of hydrogen-bond donors (Lipinski definition) is 2. The number of benzene rings is 1. The molecule has 1 aliphatic rings. The van der Waals surface area contributed by atoms with Crippen LogP contribution < -0.4 is 15.5 Å². The fourth-order valence-corrected chi connectivity index (χ4v) is 5.21. The third-order valence-electron chi connectivity index (χ3n) is 6.05. The summed E-state index contributed by atoms with van der Waals surface area (Å²) in [7, 11) is 0. The van der Waals surface area contributed by atoms with Crippen molar-refractivity contribution in [3.63, 3.8) is 0 Å². The first-order chi connectivity index (χ1) is 16.4. The van der Waals surface area contributed by atoms with E-state index in [-0.39, 0.29) is 30.2 Å². The highest BCUT2D eigenvalue weighted by Crippen LogP contribution is 2.33. The Morgan fingerprint density at radius 3 is 2.56 bits per heavy atom. The van der Waals surface area contributed by atoms with Crippen molar-refractivity contribution in [3.8, 4) is 0 Å². The molecule has 1 aromatic carbocycles. The summed E-state index contributed by atoms with van der Waals surface area (Å²) in [5.41, 5.74) is 2.58. The summed E-state index contributed by atoms with van der Waals surface area (Å²) in [5, 5.41) is 7.69. The van der Waals surface area contributed by atoms with Crippen LogP contribution in [0.1, 0.15) is 58.3 Å². The van der Waals surface area contributed by atoms with Crippen molar-refractivity contribution in [2.45, 2.75) is 51.6 Å². The number of carbonyl (C=O) groups excluding carboxylic acids is 3. The van der Waals surface area contributed by atoms with Crippen molar-refractivity contribution >= 4 is 34.7 Å². The average Bonchev–Trinajstić information content (AvgIpc) is 3.59. The van der Waals surface area contributed by atoms with E-state index in [2.05, 4.69) is 10.6 Å². The van der Waals surface area contributed by atoms with Crippen LogP contribution in [0.15, 0.2) is 58.5 Å². The maximum atomic E-state index is 13.6. The molecule has 1 fully saturated rings. The summed E-state index contributed by atoms with van der Waals surface area (Å²) in [6.07, 6.45) is 5.47. The van der Waals surface area contributed by atoms with Gasteiger partial charge in [0.15, 0.2) is 5.76 Å². The van der Waals surface area contributed by atoms with Crippen molar-refractivity contribution in [3.05, 3.63) is 75.9 Å². The van der Waals surface area contributed by atoms with Crippen LogP contribution in [0.4, 0.5) is 5.69 Å². The molecule has 1 saturated carbocycles. The van der Waals surface area contributed by atoms with E-state index in [1.807, 2.05) is 49.6 Å². The van der Waals surface area contributed by atoms with Gasteiger partial charge in [0.1, 0.15) is 6.04 Å². The summed E-state index contributed by atoms with van der Waals surface area (Å²) in [6, 6.07) is 11.9. The molecule has 1 aliphatic carbocycles. The van der Waals surface area contributed by atoms with Crippen molar-refractivity contribution in [1.29, 1.82) is 0 Å². The van der Waals surface area contributed by atoms with E-state index < -0.39 is 11.9 Å². The molecule has 0 bridgehead atoms. The Balaban J connectivity index is 1.67.